The van der Waals surface area contributed by atoms with Gasteiger partial charge in [-0.25, -0.2) is 4.98 Å². The minimum atomic E-state index is -0.250. The Hall–Kier alpha value is -3.91. The second-order valence-corrected chi connectivity index (χ2v) is 7.64. The second-order valence-electron chi connectivity index (χ2n) is 6.61. The number of nitrogens with one attached hydrogen (secondary N) is 2. The van der Waals surface area contributed by atoms with Crippen LogP contribution in [0.3, 0.4) is 0 Å². The molecule has 4 rings (SSSR count). The number of aromatic nitrogens is 1. The molecule has 4 aromatic rings. The molecule has 1 aromatic heterocycles. The van der Waals surface area contributed by atoms with Gasteiger partial charge in [0, 0.05) is 18.2 Å². The van der Waals surface area contributed by atoms with Gasteiger partial charge in [-0.2, -0.15) is 0 Å². The summed E-state index contributed by atoms with van der Waals surface area (Å²) >= 11 is 1.38. The molecule has 0 bridgehead atoms. The first-order valence-electron chi connectivity index (χ1n) is 9.42. The predicted octanol–water partition coefficient (Wildman–Crippen LogP) is 5.31. The number of anilines is 2. The highest BCUT2D eigenvalue weighted by Crippen LogP contribution is 2.31. The summed E-state index contributed by atoms with van der Waals surface area (Å²) in [5, 5.41) is 6.06. The van der Waals surface area contributed by atoms with Gasteiger partial charge >= 0.3 is 0 Å². The molecule has 8 heteroatoms. The molecule has 156 valence electrons. The number of para-hydroxylation sites is 2. The number of benzene rings is 3. The molecule has 0 spiro atoms. The summed E-state index contributed by atoms with van der Waals surface area (Å²) in [6.45, 7) is 1.43. The van der Waals surface area contributed by atoms with E-state index in [0.717, 1.165) is 4.70 Å². The van der Waals surface area contributed by atoms with Gasteiger partial charge in [0.1, 0.15) is 5.75 Å². The Morgan fingerprint density at radius 1 is 0.935 bits per heavy atom. The van der Waals surface area contributed by atoms with Gasteiger partial charge in [-0.05, 0) is 54.6 Å². The lowest BCUT2D eigenvalue weighted by Gasteiger charge is -2.10. The van der Waals surface area contributed by atoms with Crippen LogP contribution in [0.4, 0.5) is 10.8 Å². The summed E-state index contributed by atoms with van der Waals surface area (Å²) in [7, 11) is 1.58. The zero-order chi connectivity index (χ0) is 21.8. The van der Waals surface area contributed by atoms with Gasteiger partial charge in [0.05, 0.1) is 17.3 Å². The molecule has 2 N–H and O–H groups in total. The maximum atomic E-state index is 12.6. The monoisotopic (exact) mass is 433 g/mol. The molecule has 0 atom stereocenters. The number of methoxy groups -OCH3 is 1. The van der Waals surface area contributed by atoms with Crippen LogP contribution in [0, 0.1) is 0 Å². The topological polar surface area (TPSA) is 89.5 Å². The standard InChI is InChI=1S/C23H19N3O4S/c1-14(27)24-23-26-18-13-16(9-12-21(18)31-23)25-22(28)15-7-10-17(11-8-15)30-20-6-4-3-5-19(20)29-2/h3-13H,1-2H3,(H,25,28)(H,24,26,27). The van der Waals surface area contributed by atoms with E-state index in [2.05, 4.69) is 15.6 Å². The molecule has 7 nitrogen and oxygen atoms in total. The number of nitrogens with zero attached hydrogens (tertiary/aromatic N) is 1. The highest BCUT2D eigenvalue weighted by molar-refractivity contribution is 7.22. The highest BCUT2D eigenvalue weighted by atomic mass is 32.1. The number of rotatable bonds is 6. The number of hydrogen-bond acceptors (Lipinski definition) is 6. The summed E-state index contributed by atoms with van der Waals surface area (Å²) in [5.41, 5.74) is 1.81. The quantitative estimate of drug-likeness (QED) is 0.430. The van der Waals surface area contributed by atoms with Gasteiger partial charge in [-0.15, -0.1) is 0 Å². The van der Waals surface area contributed by atoms with E-state index in [0.29, 0.717) is 39.1 Å². The minimum Gasteiger partial charge on any atom is -0.493 e. The Kier molecular flexibility index (Phi) is 5.81. The van der Waals surface area contributed by atoms with Crippen molar-refractivity contribution in [1.29, 1.82) is 0 Å². The van der Waals surface area contributed by atoms with Crippen LogP contribution in [0.5, 0.6) is 17.2 Å². The average molecular weight is 433 g/mol. The molecule has 0 radical (unpaired) electrons. The molecule has 31 heavy (non-hydrogen) atoms. The number of carbonyl (C=O) groups is 2. The van der Waals surface area contributed by atoms with Crippen molar-refractivity contribution in [1.82, 2.24) is 4.98 Å². The van der Waals surface area contributed by atoms with Crippen molar-refractivity contribution < 1.29 is 19.1 Å². The summed E-state index contributed by atoms with van der Waals surface area (Å²) in [6.07, 6.45) is 0. The Labute approximate surface area is 182 Å². The van der Waals surface area contributed by atoms with Crippen molar-refractivity contribution in [2.24, 2.45) is 0 Å². The van der Waals surface area contributed by atoms with E-state index in [9.17, 15) is 9.59 Å². The van der Waals surface area contributed by atoms with Crippen LogP contribution in [-0.2, 0) is 4.79 Å². The third-order valence-corrected chi connectivity index (χ3v) is 5.29. The van der Waals surface area contributed by atoms with Crippen LogP contribution >= 0.6 is 11.3 Å². The third kappa shape index (κ3) is 4.81. The lowest BCUT2D eigenvalue weighted by atomic mass is 10.2. The normalized spacial score (nSPS) is 10.5. The molecule has 0 aliphatic heterocycles. The van der Waals surface area contributed by atoms with Crippen LogP contribution in [0.2, 0.25) is 0 Å². The fourth-order valence-electron chi connectivity index (χ4n) is 2.92. The average Bonchev–Trinajstić information content (AvgIpc) is 3.15. The maximum absolute atomic E-state index is 12.6. The minimum absolute atomic E-state index is 0.175. The summed E-state index contributed by atoms with van der Waals surface area (Å²) < 4.78 is 12.0. The summed E-state index contributed by atoms with van der Waals surface area (Å²) in [6, 6.07) is 19.6. The van der Waals surface area contributed by atoms with Crippen LogP contribution in [-0.4, -0.2) is 23.9 Å². The lowest BCUT2D eigenvalue weighted by Crippen LogP contribution is -2.11. The lowest BCUT2D eigenvalue weighted by molar-refractivity contribution is -0.114. The van der Waals surface area contributed by atoms with E-state index < -0.39 is 0 Å². The van der Waals surface area contributed by atoms with Crippen molar-refractivity contribution in [2.75, 3.05) is 17.7 Å². The van der Waals surface area contributed by atoms with Crippen LogP contribution in [0.1, 0.15) is 17.3 Å². The van der Waals surface area contributed by atoms with Gasteiger partial charge in [-0.3, -0.25) is 9.59 Å². The van der Waals surface area contributed by atoms with Gasteiger partial charge < -0.3 is 20.1 Å². The van der Waals surface area contributed by atoms with Crippen molar-refractivity contribution in [3.05, 3.63) is 72.3 Å². The fourth-order valence-corrected chi connectivity index (χ4v) is 3.81. The number of thiazole rings is 1. The largest absolute Gasteiger partial charge is 0.493 e. The van der Waals surface area contributed by atoms with Crippen LogP contribution < -0.4 is 20.1 Å². The molecule has 0 aliphatic rings. The van der Waals surface area contributed by atoms with Gasteiger partial charge in [0.25, 0.3) is 5.91 Å². The van der Waals surface area contributed by atoms with Crippen LogP contribution in [0.15, 0.2) is 66.7 Å². The first kappa shape index (κ1) is 20.4. The zero-order valence-corrected chi connectivity index (χ0v) is 17.7. The number of hydrogen-bond donors (Lipinski definition) is 2. The van der Waals surface area contributed by atoms with E-state index in [1.54, 1.807) is 43.5 Å². The molecule has 2 amide bonds. The Morgan fingerprint density at radius 3 is 2.39 bits per heavy atom. The third-order valence-electron chi connectivity index (χ3n) is 4.34. The second kappa shape index (κ2) is 8.85. The van der Waals surface area contributed by atoms with E-state index in [-0.39, 0.29) is 11.8 Å². The Balaban J connectivity index is 1.45. The predicted molar refractivity (Wildman–Crippen MR) is 121 cm³/mol. The number of ether oxygens (including phenoxy) is 2. The Bertz CT molecular complexity index is 1250. The highest BCUT2D eigenvalue weighted by Gasteiger charge is 2.10. The molecule has 0 unspecified atom stereocenters. The van der Waals surface area contributed by atoms with E-state index in [4.69, 9.17) is 9.47 Å². The molecule has 1 heterocycles. The summed E-state index contributed by atoms with van der Waals surface area (Å²) in [4.78, 5) is 28.2. The SMILES string of the molecule is COc1ccccc1Oc1ccc(C(=O)Nc2ccc3sc(NC(C)=O)nc3c2)cc1. The number of carbonyl (C=O) groups excluding carboxylic acids is 2. The van der Waals surface area contributed by atoms with E-state index in [1.807, 2.05) is 30.3 Å². The van der Waals surface area contributed by atoms with Crippen molar-refractivity contribution in [3.63, 3.8) is 0 Å². The van der Waals surface area contributed by atoms with Gasteiger partial charge in [0.2, 0.25) is 5.91 Å². The summed E-state index contributed by atoms with van der Waals surface area (Å²) in [5.74, 6) is 1.39. The molecule has 0 saturated carbocycles. The van der Waals surface area contributed by atoms with E-state index in [1.165, 1.54) is 18.3 Å². The van der Waals surface area contributed by atoms with Crippen molar-refractivity contribution >= 4 is 44.2 Å². The first-order chi connectivity index (χ1) is 15.0. The molecule has 0 saturated heterocycles. The molecule has 3 aromatic carbocycles. The zero-order valence-electron chi connectivity index (χ0n) is 16.8. The van der Waals surface area contributed by atoms with Gasteiger partial charge in [-0.1, -0.05) is 23.5 Å². The maximum Gasteiger partial charge on any atom is 0.255 e. The first-order valence-corrected chi connectivity index (χ1v) is 10.2. The number of fused-ring (bicyclic) bond motifs is 1. The number of amides is 2. The molecule has 0 aliphatic carbocycles. The van der Waals surface area contributed by atoms with Crippen LogP contribution in [0.25, 0.3) is 10.2 Å². The molecule has 0 fully saturated rings. The van der Waals surface area contributed by atoms with Crippen molar-refractivity contribution in [2.45, 2.75) is 6.92 Å². The fraction of sp³-hybridized carbons (Fsp3) is 0.0870. The van der Waals surface area contributed by atoms with E-state index >= 15 is 0 Å². The molecular formula is C23H19N3O4S. The molecular weight excluding hydrogens is 414 g/mol. The smallest absolute Gasteiger partial charge is 0.255 e. The van der Waals surface area contributed by atoms with Gasteiger partial charge in [0.15, 0.2) is 16.6 Å². The Morgan fingerprint density at radius 2 is 1.68 bits per heavy atom. The van der Waals surface area contributed by atoms with Crippen molar-refractivity contribution in [3.8, 4) is 17.2 Å².